The Labute approximate surface area is 144 Å². The molecule has 0 saturated heterocycles. The van der Waals surface area contributed by atoms with Crippen molar-refractivity contribution in [2.24, 2.45) is 0 Å². The van der Waals surface area contributed by atoms with Gasteiger partial charge >= 0.3 is 0 Å². The number of Topliss-reactive ketones (excluding diaryl/α,β-unsaturated/α-hetero) is 2. The second-order valence-corrected chi connectivity index (χ2v) is 5.69. The van der Waals surface area contributed by atoms with Gasteiger partial charge in [0.2, 0.25) is 0 Å². The second-order valence-electron chi connectivity index (χ2n) is 5.69. The minimum absolute atomic E-state index is 0.0966. The summed E-state index contributed by atoms with van der Waals surface area (Å²) in [6.45, 7) is 2.66. The summed E-state index contributed by atoms with van der Waals surface area (Å²) in [5.41, 5.74) is 1.67. The van der Waals surface area contributed by atoms with Crippen molar-refractivity contribution in [3.63, 3.8) is 0 Å². The lowest BCUT2D eigenvalue weighted by Gasteiger charge is -2.04. The molecule has 1 aromatic carbocycles. The van der Waals surface area contributed by atoms with Gasteiger partial charge in [-0.05, 0) is 26.0 Å². The molecule has 122 valence electrons. The van der Waals surface area contributed by atoms with E-state index in [1.165, 1.54) is 18.2 Å². The number of benzene rings is 1. The number of carbonyl (C=O) groups is 3. The minimum Gasteiger partial charge on any atom is -0.307 e. The van der Waals surface area contributed by atoms with Crippen LogP contribution >= 0.6 is 0 Å². The first-order valence-corrected chi connectivity index (χ1v) is 7.65. The lowest BCUT2D eigenvalue weighted by Crippen LogP contribution is -2.03. The fraction of sp³-hybridized carbons (Fsp3) is 0.100. The molecular formula is C20H14N2O3. The number of hydrogen-bond donors (Lipinski definition) is 0. The zero-order chi connectivity index (χ0) is 18.1. The molecule has 0 radical (unpaired) electrons. The molecule has 0 bridgehead atoms. The van der Waals surface area contributed by atoms with Crippen LogP contribution in [0.3, 0.4) is 0 Å². The summed E-state index contributed by atoms with van der Waals surface area (Å²) >= 11 is 0. The molecule has 0 N–H and O–H groups in total. The zero-order valence-electron chi connectivity index (χ0n) is 13.7. The third-order valence-electron chi connectivity index (χ3n) is 4.05. The Hall–Kier alpha value is -3.52. The van der Waals surface area contributed by atoms with Crippen molar-refractivity contribution in [3.05, 3.63) is 76.6 Å². The standard InChI is InChI=1S/C20H14N2O3/c1-12(23)18-16-10-15(20(25)14-6-4-3-5-7-14)8-9-22(16)17(11-21)19(18)13(2)24/h3-10H,1-2H3. The largest absolute Gasteiger partial charge is 0.307 e. The average molecular weight is 330 g/mol. The second kappa shape index (κ2) is 6.17. The SMILES string of the molecule is CC(=O)c1c(C(C)=O)c2cc(C(=O)c3ccccc3)ccn2c1C#N. The van der Waals surface area contributed by atoms with Gasteiger partial charge in [-0.3, -0.25) is 14.4 Å². The van der Waals surface area contributed by atoms with Gasteiger partial charge < -0.3 is 4.40 Å². The molecule has 0 aliphatic carbocycles. The molecule has 3 aromatic rings. The molecule has 0 aliphatic heterocycles. The van der Waals surface area contributed by atoms with Crippen molar-refractivity contribution in [1.29, 1.82) is 5.26 Å². The molecule has 2 aromatic heterocycles. The molecule has 0 aliphatic rings. The Morgan fingerprint density at radius 1 is 0.920 bits per heavy atom. The minimum atomic E-state index is -0.360. The first-order chi connectivity index (χ1) is 12.0. The van der Waals surface area contributed by atoms with Crippen molar-refractivity contribution in [2.75, 3.05) is 0 Å². The molecular weight excluding hydrogens is 316 g/mol. The Morgan fingerprint density at radius 2 is 1.56 bits per heavy atom. The Kier molecular flexibility index (Phi) is 4.04. The molecule has 2 heterocycles. The molecule has 0 amide bonds. The quantitative estimate of drug-likeness (QED) is 0.686. The molecule has 0 unspecified atom stereocenters. The maximum Gasteiger partial charge on any atom is 0.193 e. The number of pyridine rings is 1. The van der Waals surface area contributed by atoms with Gasteiger partial charge in [0.15, 0.2) is 17.3 Å². The summed E-state index contributed by atoms with van der Waals surface area (Å²) in [7, 11) is 0. The third kappa shape index (κ3) is 2.64. The van der Waals surface area contributed by atoms with E-state index in [4.69, 9.17) is 0 Å². The van der Waals surface area contributed by atoms with E-state index >= 15 is 0 Å². The number of carbonyl (C=O) groups excluding carboxylic acids is 3. The van der Waals surface area contributed by atoms with Gasteiger partial charge in [0.1, 0.15) is 11.8 Å². The Balaban J connectivity index is 2.30. The molecule has 0 atom stereocenters. The van der Waals surface area contributed by atoms with Crippen molar-refractivity contribution in [1.82, 2.24) is 4.40 Å². The van der Waals surface area contributed by atoms with E-state index in [0.717, 1.165) is 0 Å². The lowest BCUT2D eigenvalue weighted by molar-refractivity contribution is 0.0982. The first-order valence-electron chi connectivity index (χ1n) is 7.65. The molecule has 0 fully saturated rings. The topological polar surface area (TPSA) is 79.4 Å². The van der Waals surface area contributed by atoms with Gasteiger partial charge in [-0.2, -0.15) is 5.26 Å². The van der Waals surface area contributed by atoms with Crippen LogP contribution in [0.15, 0.2) is 48.7 Å². The summed E-state index contributed by atoms with van der Waals surface area (Å²) < 4.78 is 1.48. The lowest BCUT2D eigenvalue weighted by atomic mass is 10.0. The maximum atomic E-state index is 12.6. The monoisotopic (exact) mass is 330 g/mol. The van der Waals surface area contributed by atoms with Crippen molar-refractivity contribution in [3.8, 4) is 6.07 Å². The summed E-state index contributed by atoms with van der Waals surface area (Å²) in [6.07, 6.45) is 1.54. The Bertz CT molecular complexity index is 1070. The van der Waals surface area contributed by atoms with Crippen LogP contribution in [0.4, 0.5) is 0 Å². The first kappa shape index (κ1) is 16.3. The fourth-order valence-corrected chi connectivity index (χ4v) is 2.96. The van der Waals surface area contributed by atoms with Crippen LogP contribution < -0.4 is 0 Å². The number of aromatic nitrogens is 1. The molecule has 5 nitrogen and oxygen atoms in total. The third-order valence-corrected chi connectivity index (χ3v) is 4.05. The number of hydrogen-bond acceptors (Lipinski definition) is 4. The van der Waals surface area contributed by atoms with E-state index < -0.39 is 0 Å². The Morgan fingerprint density at radius 3 is 2.12 bits per heavy atom. The average Bonchev–Trinajstić information content (AvgIpc) is 2.95. The van der Waals surface area contributed by atoms with E-state index in [1.807, 2.05) is 12.1 Å². The summed E-state index contributed by atoms with van der Waals surface area (Å²) in [6, 6.07) is 13.9. The van der Waals surface area contributed by atoms with E-state index in [-0.39, 0.29) is 34.2 Å². The van der Waals surface area contributed by atoms with Crippen LogP contribution in [0, 0.1) is 11.3 Å². The van der Waals surface area contributed by atoms with Gasteiger partial charge in [-0.15, -0.1) is 0 Å². The van der Waals surface area contributed by atoms with E-state index in [0.29, 0.717) is 16.6 Å². The highest BCUT2D eigenvalue weighted by Gasteiger charge is 2.25. The predicted molar refractivity (Wildman–Crippen MR) is 92.0 cm³/mol. The van der Waals surface area contributed by atoms with Crippen LogP contribution in [0.5, 0.6) is 0 Å². The predicted octanol–water partition coefficient (Wildman–Crippen LogP) is 3.45. The van der Waals surface area contributed by atoms with Gasteiger partial charge in [-0.1, -0.05) is 30.3 Å². The number of rotatable bonds is 4. The van der Waals surface area contributed by atoms with Crippen molar-refractivity contribution < 1.29 is 14.4 Å². The van der Waals surface area contributed by atoms with Crippen LogP contribution in [-0.2, 0) is 0 Å². The molecule has 25 heavy (non-hydrogen) atoms. The summed E-state index contributed by atoms with van der Waals surface area (Å²) in [5.74, 6) is -0.878. The van der Waals surface area contributed by atoms with Crippen LogP contribution in [0.25, 0.3) is 5.52 Å². The number of nitriles is 1. The molecule has 0 saturated carbocycles. The molecule has 5 heteroatoms. The van der Waals surface area contributed by atoms with E-state index in [2.05, 4.69) is 0 Å². The van der Waals surface area contributed by atoms with Gasteiger partial charge in [0, 0.05) is 17.3 Å². The highest BCUT2D eigenvalue weighted by molar-refractivity contribution is 6.15. The highest BCUT2D eigenvalue weighted by atomic mass is 16.1. The summed E-state index contributed by atoms with van der Waals surface area (Å²) in [4.78, 5) is 36.7. The van der Waals surface area contributed by atoms with Crippen molar-refractivity contribution in [2.45, 2.75) is 13.8 Å². The number of fused-ring (bicyclic) bond motifs is 1. The fourth-order valence-electron chi connectivity index (χ4n) is 2.96. The van der Waals surface area contributed by atoms with Gasteiger partial charge in [0.05, 0.1) is 16.6 Å². The number of ketones is 3. The van der Waals surface area contributed by atoms with Crippen LogP contribution in [0.2, 0.25) is 0 Å². The normalized spacial score (nSPS) is 10.4. The smallest absolute Gasteiger partial charge is 0.193 e. The summed E-state index contributed by atoms with van der Waals surface area (Å²) in [5, 5.41) is 9.42. The maximum absolute atomic E-state index is 12.6. The zero-order valence-corrected chi connectivity index (χ0v) is 13.7. The van der Waals surface area contributed by atoms with E-state index in [9.17, 15) is 19.6 Å². The molecule has 0 spiro atoms. The van der Waals surface area contributed by atoms with Gasteiger partial charge in [-0.25, -0.2) is 0 Å². The van der Waals surface area contributed by atoms with Gasteiger partial charge in [0.25, 0.3) is 0 Å². The van der Waals surface area contributed by atoms with Crippen molar-refractivity contribution >= 4 is 22.9 Å². The molecule has 3 rings (SSSR count). The van der Waals surface area contributed by atoms with Crippen LogP contribution in [-0.4, -0.2) is 21.8 Å². The number of nitrogens with zero attached hydrogens (tertiary/aromatic N) is 2. The highest BCUT2D eigenvalue weighted by Crippen LogP contribution is 2.26. The van der Waals surface area contributed by atoms with E-state index in [1.54, 1.807) is 42.6 Å². The van der Waals surface area contributed by atoms with Crippen LogP contribution in [0.1, 0.15) is 56.2 Å².